The van der Waals surface area contributed by atoms with Gasteiger partial charge in [-0.15, -0.1) is 0 Å². The lowest BCUT2D eigenvalue weighted by molar-refractivity contribution is -0.142. The van der Waals surface area contributed by atoms with Crippen molar-refractivity contribution >= 4 is 36.3 Å². The van der Waals surface area contributed by atoms with Crippen LogP contribution in [0.3, 0.4) is 0 Å². The summed E-state index contributed by atoms with van der Waals surface area (Å²) < 4.78 is 0. The molecular formula is C19H28N4O5S. The van der Waals surface area contributed by atoms with Gasteiger partial charge in [0.2, 0.25) is 17.7 Å². The van der Waals surface area contributed by atoms with Gasteiger partial charge in [-0.25, -0.2) is 4.79 Å². The molecule has 0 aromatic heterocycles. The third-order valence-corrected chi connectivity index (χ3v) is 4.53. The first kappa shape index (κ1) is 24.4. The molecule has 3 amide bonds. The van der Waals surface area contributed by atoms with E-state index in [1.54, 1.807) is 38.1 Å². The molecule has 10 heteroatoms. The number of carboxylic acids is 1. The highest BCUT2D eigenvalue weighted by Gasteiger charge is 2.30. The Kier molecular flexibility index (Phi) is 10.2. The lowest BCUT2D eigenvalue weighted by Gasteiger charge is -2.26. The van der Waals surface area contributed by atoms with Crippen LogP contribution in [0, 0.1) is 5.92 Å². The van der Waals surface area contributed by atoms with Crippen LogP contribution in [0.2, 0.25) is 0 Å². The molecule has 0 saturated heterocycles. The average Bonchev–Trinajstić information content (AvgIpc) is 2.69. The number of carboxylic acid groups (broad SMARTS) is 1. The van der Waals surface area contributed by atoms with E-state index in [2.05, 4.69) is 28.6 Å². The zero-order valence-electron chi connectivity index (χ0n) is 16.4. The molecule has 1 rings (SSSR count). The molecular weight excluding hydrogens is 396 g/mol. The number of rotatable bonds is 11. The van der Waals surface area contributed by atoms with Crippen molar-refractivity contribution in [3.8, 4) is 0 Å². The second-order valence-electron chi connectivity index (χ2n) is 6.83. The van der Waals surface area contributed by atoms with Gasteiger partial charge in [-0.2, -0.15) is 12.6 Å². The summed E-state index contributed by atoms with van der Waals surface area (Å²) >= 11 is 4.04. The molecule has 0 saturated carbocycles. The van der Waals surface area contributed by atoms with Gasteiger partial charge < -0.3 is 26.8 Å². The second-order valence-corrected chi connectivity index (χ2v) is 7.19. The minimum atomic E-state index is -1.18. The summed E-state index contributed by atoms with van der Waals surface area (Å²) in [6.07, 6.45) is 0.104. The van der Waals surface area contributed by atoms with Gasteiger partial charge in [-0.3, -0.25) is 14.4 Å². The van der Waals surface area contributed by atoms with Gasteiger partial charge in [0, 0.05) is 12.2 Å². The monoisotopic (exact) mass is 424 g/mol. The number of nitrogens with one attached hydrogen (secondary N) is 3. The van der Waals surface area contributed by atoms with Crippen LogP contribution in [0.15, 0.2) is 30.3 Å². The van der Waals surface area contributed by atoms with E-state index in [9.17, 15) is 24.3 Å². The Morgan fingerprint density at radius 1 is 1.00 bits per heavy atom. The zero-order valence-corrected chi connectivity index (χ0v) is 17.3. The van der Waals surface area contributed by atoms with E-state index in [1.165, 1.54) is 0 Å². The van der Waals surface area contributed by atoms with Crippen molar-refractivity contribution in [2.24, 2.45) is 11.7 Å². The summed E-state index contributed by atoms with van der Waals surface area (Å²) in [5.41, 5.74) is 5.99. The smallest absolute Gasteiger partial charge is 0.326 e. The van der Waals surface area contributed by atoms with Crippen LogP contribution >= 0.6 is 12.6 Å². The van der Waals surface area contributed by atoms with Crippen LogP contribution in [0.25, 0.3) is 0 Å². The van der Waals surface area contributed by atoms with Crippen LogP contribution in [0.5, 0.6) is 0 Å². The first-order valence-electron chi connectivity index (χ1n) is 9.17. The van der Waals surface area contributed by atoms with Crippen molar-refractivity contribution in [3.63, 3.8) is 0 Å². The van der Waals surface area contributed by atoms with Gasteiger partial charge in [0.1, 0.15) is 18.1 Å². The first-order chi connectivity index (χ1) is 13.7. The Labute approximate surface area is 175 Å². The molecule has 1 aromatic rings. The number of nitrogens with two attached hydrogens (primary N) is 1. The summed E-state index contributed by atoms with van der Waals surface area (Å²) in [4.78, 5) is 48.2. The predicted octanol–water partition coefficient (Wildman–Crippen LogP) is -0.687. The number of benzene rings is 1. The number of hydrogen-bond acceptors (Lipinski definition) is 6. The number of thiol groups is 1. The van der Waals surface area contributed by atoms with Gasteiger partial charge in [0.05, 0.1) is 6.54 Å². The normalized spacial score (nSPS) is 13.8. The molecule has 0 bridgehead atoms. The Balaban J connectivity index is 2.85. The van der Waals surface area contributed by atoms with Crippen molar-refractivity contribution in [3.05, 3.63) is 35.9 Å². The van der Waals surface area contributed by atoms with Gasteiger partial charge in [-0.05, 0) is 11.5 Å². The topological polar surface area (TPSA) is 151 Å². The molecule has 1 aromatic carbocycles. The molecule has 0 aliphatic rings. The quantitative estimate of drug-likeness (QED) is 0.259. The molecule has 6 N–H and O–H groups in total. The van der Waals surface area contributed by atoms with E-state index in [0.29, 0.717) is 0 Å². The molecule has 0 fully saturated rings. The molecule has 160 valence electrons. The molecule has 0 radical (unpaired) electrons. The van der Waals surface area contributed by atoms with E-state index in [-0.39, 0.29) is 24.6 Å². The fraction of sp³-hybridized carbons (Fsp3) is 0.474. The molecule has 0 spiro atoms. The summed E-state index contributed by atoms with van der Waals surface area (Å²) in [5.74, 6) is -3.25. The van der Waals surface area contributed by atoms with Crippen molar-refractivity contribution in [1.82, 2.24) is 16.0 Å². The molecule has 3 unspecified atom stereocenters. The van der Waals surface area contributed by atoms with Crippen molar-refractivity contribution in [1.29, 1.82) is 0 Å². The minimum absolute atomic E-state index is 0.00969. The number of aliphatic carboxylic acids is 1. The number of hydrogen-bond donors (Lipinski definition) is 6. The standard InChI is InChI=1S/C19H28N4O5S/c1-11(2)16(23-17(25)14(10-29)21-15(24)9-20)18(26)22-13(19(27)28)8-12-6-4-3-5-7-12/h3-7,11,13-14,16,29H,8-10,20H2,1-2H3,(H,21,24)(H,22,26)(H,23,25)(H,27,28). The van der Waals surface area contributed by atoms with Crippen molar-refractivity contribution in [2.45, 2.75) is 38.4 Å². The van der Waals surface area contributed by atoms with Crippen LogP contribution in [-0.4, -0.2) is 59.2 Å². The van der Waals surface area contributed by atoms with Gasteiger partial charge >= 0.3 is 5.97 Å². The van der Waals surface area contributed by atoms with E-state index >= 15 is 0 Å². The lowest BCUT2D eigenvalue weighted by Crippen LogP contribution is -2.58. The van der Waals surface area contributed by atoms with Gasteiger partial charge in [0.25, 0.3) is 0 Å². The molecule has 9 nitrogen and oxygen atoms in total. The highest BCUT2D eigenvalue weighted by molar-refractivity contribution is 7.80. The fourth-order valence-corrected chi connectivity index (χ4v) is 2.80. The Hall–Kier alpha value is -2.59. The van der Waals surface area contributed by atoms with Crippen LogP contribution in [0.4, 0.5) is 0 Å². The minimum Gasteiger partial charge on any atom is -0.480 e. The summed E-state index contributed by atoms with van der Waals surface area (Å²) in [5, 5.41) is 16.9. The molecule has 0 aliphatic heterocycles. The Morgan fingerprint density at radius 3 is 2.10 bits per heavy atom. The maximum atomic E-state index is 12.7. The Bertz CT molecular complexity index is 714. The molecule has 0 aliphatic carbocycles. The van der Waals surface area contributed by atoms with Gasteiger partial charge in [-0.1, -0.05) is 44.2 Å². The third kappa shape index (κ3) is 8.12. The van der Waals surface area contributed by atoms with E-state index in [4.69, 9.17) is 5.73 Å². The van der Waals surface area contributed by atoms with Crippen molar-refractivity contribution < 1.29 is 24.3 Å². The van der Waals surface area contributed by atoms with Crippen LogP contribution in [-0.2, 0) is 25.6 Å². The lowest BCUT2D eigenvalue weighted by atomic mass is 10.0. The maximum Gasteiger partial charge on any atom is 0.326 e. The first-order valence-corrected chi connectivity index (χ1v) is 9.80. The van der Waals surface area contributed by atoms with E-state index in [1.807, 2.05) is 6.07 Å². The van der Waals surface area contributed by atoms with Gasteiger partial charge in [0.15, 0.2) is 0 Å². The number of carbonyl (C=O) groups is 4. The second kappa shape index (κ2) is 12.1. The molecule has 0 heterocycles. The molecule has 29 heavy (non-hydrogen) atoms. The highest BCUT2D eigenvalue weighted by atomic mass is 32.1. The molecule has 3 atom stereocenters. The SMILES string of the molecule is CC(C)C(NC(=O)C(CS)NC(=O)CN)C(=O)NC(Cc1ccccc1)C(=O)O. The van der Waals surface area contributed by atoms with E-state index < -0.39 is 41.8 Å². The largest absolute Gasteiger partial charge is 0.480 e. The summed E-state index contributed by atoms with van der Waals surface area (Å²) in [6, 6.07) is 5.79. The van der Waals surface area contributed by atoms with Crippen molar-refractivity contribution in [2.75, 3.05) is 12.3 Å². The average molecular weight is 425 g/mol. The van der Waals surface area contributed by atoms with Crippen LogP contribution < -0.4 is 21.7 Å². The highest BCUT2D eigenvalue weighted by Crippen LogP contribution is 2.07. The number of carbonyl (C=O) groups excluding carboxylic acids is 3. The fourth-order valence-electron chi connectivity index (χ4n) is 2.55. The summed E-state index contributed by atoms with van der Waals surface area (Å²) in [6.45, 7) is 3.14. The summed E-state index contributed by atoms with van der Waals surface area (Å²) in [7, 11) is 0. The Morgan fingerprint density at radius 2 is 1.62 bits per heavy atom. The predicted molar refractivity (Wildman–Crippen MR) is 111 cm³/mol. The third-order valence-electron chi connectivity index (χ3n) is 4.16. The maximum absolute atomic E-state index is 12.7. The van der Waals surface area contributed by atoms with E-state index in [0.717, 1.165) is 5.56 Å². The number of amides is 3. The van der Waals surface area contributed by atoms with Crippen LogP contribution in [0.1, 0.15) is 19.4 Å². The zero-order chi connectivity index (χ0) is 22.0.